The molecular weight excluding hydrogens is 420 g/mol. The number of pyridine rings is 1. The number of carbonyl (C=O) groups excluding carboxylic acids is 1. The van der Waals surface area contributed by atoms with Crippen LogP contribution in [0.5, 0.6) is 17.2 Å². The summed E-state index contributed by atoms with van der Waals surface area (Å²) in [7, 11) is 1.59. The second-order valence-corrected chi connectivity index (χ2v) is 7.53. The van der Waals surface area contributed by atoms with Crippen molar-refractivity contribution in [2.24, 2.45) is 10.7 Å². The maximum atomic E-state index is 12.6. The third-order valence-electron chi connectivity index (χ3n) is 5.23. The topological polar surface area (TPSA) is 108 Å². The molecule has 0 saturated heterocycles. The van der Waals surface area contributed by atoms with Crippen molar-refractivity contribution in [3.05, 3.63) is 76.6 Å². The van der Waals surface area contributed by atoms with Crippen molar-refractivity contribution in [3.63, 3.8) is 0 Å². The van der Waals surface area contributed by atoms with Gasteiger partial charge in [-0.1, -0.05) is 11.6 Å². The van der Waals surface area contributed by atoms with E-state index in [0.29, 0.717) is 28.0 Å². The molecular formula is C22H17ClN4O4. The number of aliphatic imine (C=N–C) groups is 1. The largest absolute Gasteiger partial charge is 0.497 e. The molecule has 1 spiro atoms. The minimum Gasteiger partial charge on any atom is -0.497 e. The first-order chi connectivity index (χ1) is 15.0. The summed E-state index contributed by atoms with van der Waals surface area (Å²) in [4.78, 5) is 21.3. The number of hydrogen-bond donors (Lipinski definition) is 2. The number of methoxy groups -OCH3 is 1. The van der Waals surface area contributed by atoms with Gasteiger partial charge in [-0.05, 0) is 48.5 Å². The maximum Gasteiger partial charge on any atom is 0.283 e. The van der Waals surface area contributed by atoms with Crippen molar-refractivity contribution >= 4 is 29.2 Å². The van der Waals surface area contributed by atoms with Gasteiger partial charge >= 0.3 is 0 Å². The number of amides is 1. The Kier molecular flexibility index (Phi) is 4.44. The van der Waals surface area contributed by atoms with E-state index in [0.717, 1.165) is 11.1 Å². The van der Waals surface area contributed by atoms with Gasteiger partial charge in [0.05, 0.1) is 12.1 Å². The predicted molar refractivity (Wildman–Crippen MR) is 115 cm³/mol. The van der Waals surface area contributed by atoms with Crippen LogP contribution in [0.4, 0.5) is 5.69 Å². The van der Waals surface area contributed by atoms with E-state index >= 15 is 0 Å². The highest BCUT2D eigenvalue weighted by Gasteiger charge is 2.47. The molecule has 2 aliphatic rings. The maximum absolute atomic E-state index is 12.6. The van der Waals surface area contributed by atoms with E-state index in [1.165, 1.54) is 6.20 Å². The Bertz CT molecular complexity index is 1230. The lowest BCUT2D eigenvalue weighted by atomic mass is 9.81. The zero-order chi connectivity index (χ0) is 21.6. The van der Waals surface area contributed by atoms with Gasteiger partial charge in [0, 0.05) is 23.0 Å². The molecule has 0 saturated carbocycles. The number of ether oxygens (including phenoxy) is 3. The highest BCUT2D eigenvalue weighted by atomic mass is 35.5. The summed E-state index contributed by atoms with van der Waals surface area (Å²) < 4.78 is 17.0. The highest BCUT2D eigenvalue weighted by molar-refractivity contribution is 6.30. The smallest absolute Gasteiger partial charge is 0.283 e. The van der Waals surface area contributed by atoms with Gasteiger partial charge in [0.2, 0.25) is 0 Å². The Morgan fingerprint density at radius 3 is 2.61 bits per heavy atom. The minimum atomic E-state index is -0.916. The SMILES string of the molecule is COc1ccc2c(c1)[C@]1(COC(N)=N1)c1cc(NC(=O)c3ccc(Cl)cn3)ccc1O2. The van der Waals surface area contributed by atoms with Gasteiger partial charge in [-0.15, -0.1) is 0 Å². The quantitative estimate of drug-likeness (QED) is 0.648. The number of amidine groups is 1. The molecule has 3 aromatic rings. The van der Waals surface area contributed by atoms with Gasteiger partial charge in [0.15, 0.2) is 5.54 Å². The fourth-order valence-electron chi connectivity index (χ4n) is 3.74. The zero-order valence-electron chi connectivity index (χ0n) is 16.4. The Balaban J connectivity index is 1.56. The van der Waals surface area contributed by atoms with E-state index in [2.05, 4.69) is 15.3 Å². The van der Waals surface area contributed by atoms with Crippen LogP contribution in [0, 0.1) is 0 Å². The number of fused-ring (bicyclic) bond motifs is 4. The summed E-state index contributed by atoms with van der Waals surface area (Å²) in [5.41, 5.74) is 7.26. The molecule has 0 unspecified atom stereocenters. The number of anilines is 1. The number of benzene rings is 2. The van der Waals surface area contributed by atoms with Crippen LogP contribution in [0.1, 0.15) is 21.6 Å². The van der Waals surface area contributed by atoms with E-state index in [9.17, 15) is 4.79 Å². The van der Waals surface area contributed by atoms with Gasteiger partial charge in [0.25, 0.3) is 11.9 Å². The van der Waals surface area contributed by atoms with E-state index in [4.69, 9.17) is 31.5 Å². The number of rotatable bonds is 3. The molecule has 8 nitrogen and oxygen atoms in total. The summed E-state index contributed by atoms with van der Waals surface area (Å²) in [5.74, 6) is 1.53. The number of aromatic nitrogens is 1. The second kappa shape index (κ2) is 7.17. The monoisotopic (exact) mass is 436 g/mol. The Morgan fingerprint density at radius 2 is 1.94 bits per heavy atom. The average Bonchev–Trinajstić information content (AvgIpc) is 3.17. The van der Waals surface area contributed by atoms with E-state index < -0.39 is 5.54 Å². The summed E-state index contributed by atoms with van der Waals surface area (Å²) in [6.45, 7) is 0.200. The van der Waals surface area contributed by atoms with Gasteiger partial charge < -0.3 is 25.3 Å². The summed E-state index contributed by atoms with van der Waals surface area (Å²) >= 11 is 5.85. The van der Waals surface area contributed by atoms with Crippen LogP contribution in [-0.4, -0.2) is 30.6 Å². The molecule has 9 heteroatoms. The van der Waals surface area contributed by atoms with Crippen LogP contribution in [0.3, 0.4) is 0 Å². The molecule has 0 radical (unpaired) electrons. The molecule has 0 aliphatic carbocycles. The first-order valence-corrected chi connectivity index (χ1v) is 9.78. The van der Waals surface area contributed by atoms with Gasteiger partial charge in [-0.2, -0.15) is 0 Å². The van der Waals surface area contributed by atoms with Crippen molar-refractivity contribution in [3.8, 4) is 17.2 Å². The second-order valence-electron chi connectivity index (χ2n) is 7.09. The molecule has 2 aliphatic heterocycles. The number of carbonyl (C=O) groups is 1. The molecule has 2 aromatic carbocycles. The van der Waals surface area contributed by atoms with Gasteiger partial charge in [-0.25, -0.2) is 9.98 Å². The summed E-state index contributed by atoms with van der Waals surface area (Å²) in [5, 5.41) is 3.30. The molecule has 1 atom stereocenters. The molecule has 5 rings (SSSR count). The number of nitrogens with zero attached hydrogens (tertiary/aromatic N) is 2. The van der Waals surface area contributed by atoms with Crippen LogP contribution in [0.15, 0.2) is 59.7 Å². The lowest BCUT2D eigenvalue weighted by Crippen LogP contribution is -2.31. The fourth-order valence-corrected chi connectivity index (χ4v) is 3.86. The van der Waals surface area contributed by atoms with E-state index in [1.54, 1.807) is 37.4 Å². The van der Waals surface area contributed by atoms with E-state index in [-0.39, 0.29) is 24.2 Å². The summed E-state index contributed by atoms with van der Waals surface area (Å²) in [6, 6.07) is 14.1. The lowest BCUT2D eigenvalue weighted by Gasteiger charge is -2.33. The first kappa shape index (κ1) is 19.2. The van der Waals surface area contributed by atoms with Crippen molar-refractivity contribution in [2.45, 2.75) is 5.54 Å². The molecule has 1 aromatic heterocycles. The predicted octanol–water partition coefficient (Wildman–Crippen LogP) is 3.69. The van der Waals surface area contributed by atoms with Gasteiger partial charge in [-0.3, -0.25) is 4.79 Å². The van der Waals surface area contributed by atoms with Crippen LogP contribution in [0.25, 0.3) is 0 Å². The number of halogens is 1. The van der Waals surface area contributed by atoms with Crippen molar-refractivity contribution < 1.29 is 19.0 Å². The fraction of sp³-hybridized carbons (Fsp3) is 0.136. The normalized spacial score (nSPS) is 18.3. The van der Waals surface area contributed by atoms with Crippen molar-refractivity contribution in [1.29, 1.82) is 0 Å². The van der Waals surface area contributed by atoms with Crippen molar-refractivity contribution in [1.82, 2.24) is 4.98 Å². The highest BCUT2D eigenvalue weighted by Crippen LogP contribution is 2.52. The van der Waals surface area contributed by atoms with Crippen LogP contribution in [-0.2, 0) is 10.3 Å². The third kappa shape index (κ3) is 3.21. The van der Waals surface area contributed by atoms with E-state index in [1.807, 2.05) is 18.2 Å². The Hall–Kier alpha value is -3.78. The molecule has 156 valence electrons. The number of nitrogens with two attached hydrogens (primary N) is 1. The molecule has 0 fully saturated rings. The Morgan fingerprint density at radius 1 is 1.16 bits per heavy atom. The van der Waals surface area contributed by atoms with Crippen LogP contribution in [0.2, 0.25) is 5.02 Å². The zero-order valence-corrected chi connectivity index (χ0v) is 17.1. The lowest BCUT2D eigenvalue weighted by molar-refractivity contribution is 0.102. The minimum absolute atomic E-state index is 0.0847. The molecule has 3 N–H and O–H groups in total. The Labute approximate surface area is 182 Å². The van der Waals surface area contributed by atoms with Crippen LogP contribution < -0.4 is 20.5 Å². The molecule has 0 bridgehead atoms. The molecule has 1 amide bonds. The van der Waals surface area contributed by atoms with Crippen molar-refractivity contribution in [2.75, 3.05) is 19.0 Å². The summed E-state index contributed by atoms with van der Waals surface area (Å²) in [6.07, 6.45) is 1.42. The number of nitrogens with one attached hydrogen (secondary N) is 1. The van der Waals surface area contributed by atoms with Gasteiger partial charge in [0.1, 0.15) is 29.5 Å². The molecule has 31 heavy (non-hydrogen) atoms. The average molecular weight is 437 g/mol. The standard InChI is InChI=1S/C22H17ClN4O4/c1-29-14-4-7-19-16(9-14)22(11-30-21(24)27-22)15-8-13(3-6-18(15)31-19)26-20(28)17-5-2-12(23)10-25-17/h2-10H,11H2,1H3,(H2,24,27)(H,26,28)/t22-/m0/s1. The van der Waals surface area contributed by atoms with Crippen LogP contribution >= 0.6 is 11.6 Å². The third-order valence-corrected chi connectivity index (χ3v) is 5.45. The molecule has 3 heterocycles. The first-order valence-electron chi connectivity index (χ1n) is 9.40. The number of hydrogen-bond acceptors (Lipinski definition) is 7.